The highest BCUT2D eigenvalue weighted by Gasteiger charge is 2.37. The fraction of sp³-hybridized carbons (Fsp3) is 0.529. The zero-order valence-corrected chi connectivity index (χ0v) is 13.1. The van der Waals surface area contributed by atoms with Gasteiger partial charge in [0, 0.05) is 23.6 Å². The highest BCUT2D eigenvalue weighted by atomic mass is 32.1. The van der Waals surface area contributed by atoms with Crippen molar-refractivity contribution in [2.24, 2.45) is 5.92 Å². The van der Waals surface area contributed by atoms with Gasteiger partial charge in [0.1, 0.15) is 0 Å². The number of fused-ring (bicyclic) bond motifs is 1. The molecular weight excluding hydrogens is 288 g/mol. The molecule has 0 radical (unpaired) electrons. The molecule has 0 bridgehead atoms. The number of nitrogens with one attached hydrogen (secondary N) is 1. The van der Waals surface area contributed by atoms with Gasteiger partial charge in [0.2, 0.25) is 5.92 Å². The maximum Gasteiger partial charge on any atom is 0.248 e. The first kappa shape index (κ1) is 14.9. The summed E-state index contributed by atoms with van der Waals surface area (Å²) in [5, 5.41) is 6.89. The number of halogens is 2. The van der Waals surface area contributed by atoms with E-state index in [1.165, 1.54) is 15.6 Å². The first-order valence-corrected chi connectivity index (χ1v) is 8.47. The summed E-state index contributed by atoms with van der Waals surface area (Å²) in [6.45, 7) is 0. The smallest absolute Gasteiger partial charge is 0.248 e. The molecule has 1 fully saturated rings. The Kier molecular flexibility index (Phi) is 4.27. The fourth-order valence-corrected chi connectivity index (χ4v) is 4.37. The van der Waals surface area contributed by atoms with E-state index in [-0.39, 0.29) is 12.8 Å². The van der Waals surface area contributed by atoms with Crippen LogP contribution in [-0.2, 0) is 6.42 Å². The van der Waals surface area contributed by atoms with Crippen molar-refractivity contribution < 1.29 is 8.78 Å². The summed E-state index contributed by atoms with van der Waals surface area (Å²) in [5.41, 5.74) is 1.34. The van der Waals surface area contributed by atoms with Gasteiger partial charge in [0.15, 0.2) is 0 Å². The lowest BCUT2D eigenvalue weighted by Crippen LogP contribution is -2.39. The molecule has 1 heterocycles. The summed E-state index contributed by atoms with van der Waals surface area (Å²) < 4.78 is 27.9. The molecule has 3 rings (SSSR count). The van der Waals surface area contributed by atoms with E-state index in [0.717, 1.165) is 6.42 Å². The predicted molar refractivity (Wildman–Crippen MR) is 85.3 cm³/mol. The van der Waals surface area contributed by atoms with Gasteiger partial charge in [-0.3, -0.25) is 0 Å². The van der Waals surface area contributed by atoms with Crippen molar-refractivity contribution in [3.05, 3.63) is 35.2 Å². The normalized spacial score (nSPS) is 20.7. The lowest BCUT2D eigenvalue weighted by Gasteiger charge is -2.33. The maximum absolute atomic E-state index is 13.3. The molecule has 0 saturated heterocycles. The van der Waals surface area contributed by atoms with Crippen LogP contribution in [0.2, 0.25) is 0 Å². The number of rotatable bonds is 4. The third-order valence-electron chi connectivity index (χ3n) is 4.70. The van der Waals surface area contributed by atoms with Gasteiger partial charge in [0.25, 0.3) is 0 Å². The quantitative estimate of drug-likeness (QED) is 0.850. The van der Waals surface area contributed by atoms with Crippen LogP contribution in [0.1, 0.15) is 31.2 Å². The van der Waals surface area contributed by atoms with E-state index in [1.54, 1.807) is 11.3 Å². The molecule has 1 aliphatic rings. The van der Waals surface area contributed by atoms with E-state index in [0.29, 0.717) is 24.8 Å². The molecule has 21 heavy (non-hydrogen) atoms. The average molecular weight is 309 g/mol. The number of hydrogen-bond donors (Lipinski definition) is 1. The SMILES string of the molecule is CNC(Cc1csc2ccccc12)C1CCC(F)(F)CC1. The van der Waals surface area contributed by atoms with Crippen molar-refractivity contribution in [2.45, 2.75) is 44.1 Å². The van der Waals surface area contributed by atoms with Gasteiger partial charge >= 0.3 is 0 Å². The molecule has 1 N–H and O–H groups in total. The zero-order chi connectivity index (χ0) is 14.9. The molecule has 1 saturated carbocycles. The molecule has 0 amide bonds. The van der Waals surface area contributed by atoms with Crippen molar-refractivity contribution >= 4 is 21.4 Å². The van der Waals surface area contributed by atoms with Crippen LogP contribution in [-0.4, -0.2) is 19.0 Å². The minimum Gasteiger partial charge on any atom is -0.316 e. The van der Waals surface area contributed by atoms with Crippen molar-refractivity contribution in [1.29, 1.82) is 0 Å². The Morgan fingerprint density at radius 3 is 2.71 bits per heavy atom. The summed E-state index contributed by atoms with van der Waals surface area (Å²) >= 11 is 1.77. The molecule has 114 valence electrons. The van der Waals surface area contributed by atoms with Crippen LogP contribution in [0.5, 0.6) is 0 Å². The molecular formula is C17H21F2NS. The zero-order valence-electron chi connectivity index (χ0n) is 12.2. The molecule has 1 aliphatic carbocycles. The van der Waals surface area contributed by atoms with Crippen molar-refractivity contribution in [3.8, 4) is 0 Å². The van der Waals surface area contributed by atoms with Crippen LogP contribution in [0.25, 0.3) is 10.1 Å². The van der Waals surface area contributed by atoms with Gasteiger partial charge in [0.05, 0.1) is 0 Å². The fourth-order valence-electron chi connectivity index (χ4n) is 3.40. The summed E-state index contributed by atoms with van der Waals surface area (Å²) in [5.74, 6) is -2.09. The Balaban J connectivity index is 1.73. The van der Waals surface area contributed by atoms with Crippen molar-refractivity contribution in [2.75, 3.05) is 7.05 Å². The van der Waals surface area contributed by atoms with Gasteiger partial charge in [-0.1, -0.05) is 18.2 Å². The molecule has 1 nitrogen and oxygen atoms in total. The van der Waals surface area contributed by atoms with Crippen LogP contribution in [0.15, 0.2) is 29.6 Å². The van der Waals surface area contributed by atoms with E-state index in [1.807, 2.05) is 7.05 Å². The topological polar surface area (TPSA) is 12.0 Å². The molecule has 1 unspecified atom stereocenters. The third kappa shape index (κ3) is 3.27. The predicted octanol–water partition coefficient (Wildman–Crippen LogP) is 4.86. The Labute approximate surface area is 128 Å². The summed E-state index contributed by atoms with van der Waals surface area (Å²) in [6.07, 6.45) is 2.26. The van der Waals surface area contributed by atoms with Gasteiger partial charge in [-0.15, -0.1) is 11.3 Å². The number of alkyl halides is 2. The van der Waals surface area contributed by atoms with Crippen LogP contribution in [0.3, 0.4) is 0 Å². The molecule has 1 atom stereocenters. The van der Waals surface area contributed by atoms with Gasteiger partial charge in [-0.2, -0.15) is 0 Å². The number of benzene rings is 1. The van der Waals surface area contributed by atoms with Crippen LogP contribution in [0, 0.1) is 5.92 Å². The highest BCUT2D eigenvalue weighted by Crippen LogP contribution is 2.38. The van der Waals surface area contributed by atoms with E-state index < -0.39 is 5.92 Å². The average Bonchev–Trinajstić information content (AvgIpc) is 2.88. The van der Waals surface area contributed by atoms with E-state index in [4.69, 9.17) is 0 Å². The first-order valence-electron chi connectivity index (χ1n) is 7.59. The van der Waals surface area contributed by atoms with Crippen LogP contribution < -0.4 is 5.32 Å². The monoisotopic (exact) mass is 309 g/mol. The lowest BCUT2D eigenvalue weighted by molar-refractivity contribution is -0.0492. The molecule has 4 heteroatoms. The Morgan fingerprint density at radius 2 is 2.00 bits per heavy atom. The van der Waals surface area contributed by atoms with Gasteiger partial charge < -0.3 is 5.32 Å². The summed E-state index contributed by atoms with van der Waals surface area (Å²) in [4.78, 5) is 0. The molecule has 0 spiro atoms. The third-order valence-corrected chi connectivity index (χ3v) is 5.71. The minimum absolute atomic E-state index is 0.0419. The molecule has 2 aromatic rings. The second kappa shape index (κ2) is 6.01. The first-order chi connectivity index (χ1) is 10.1. The van der Waals surface area contributed by atoms with Gasteiger partial charge in [-0.25, -0.2) is 8.78 Å². The van der Waals surface area contributed by atoms with Crippen molar-refractivity contribution in [1.82, 2.24) is 5.32 Å². The number of hydrogen-bond acceptors (Lipinski definition) is 2. The van der Waals surface area contributed by atoms with E-state index >= 15 is 0 Å². The second-order valence-corrected chi connectivity index (χ2v) is 6.96. The number of thiophene rings is 1. The minimum atomic E-state index is -2.44. The largest absolute Gasteiger partial charge is 0.316 e. The standard InChI is InChI=1S/C17H21F2NS/c1-20-15(12-6-8-17(18,19)9-7-12)10-13-11-21-16-5-3-2-4-14(13)16/h2-5,11-12,15,20H,6-10H2,1H3. The Morgan fingerprint density at radius 1 is 1.29 bits per heavy atom. The molecule has 1 aromatic heterocycles. The maximum atomic E-state index is 13.3. The molecule has 1 aromatic carbocycles. The van der Waals surface area contributed by atoms with Gasteiger partial charge in [-0.05, 0) is 54.6 Å². The Hall–Kier alpha value is -1.00. The van der Waals surface area contributed by atoms with Crippen LogP contribution in [0.4, 0.5) is 8.78 Å². The molecule has 0 aliphatic heterocycles. The van der Waals surface area contributed by atoms with E-state index in [9.17, 15) is 8.78 Å². The van der Waals surface area contributed by atoms with E-state index in [2.05, 4.69) is 35.0 Å². The lowest BCUT2D eigenvalue weighted by atomic mass is 9.80. The number of likely N-dealkylation sites (N-methyl/N-ethyl adjacent to an activating group) is 1. The summed E-state index contributed by atoms with van der Waals surface area (Å²) in [7, 11) is 1.95. The highest BCUT2D eigenvalue weighted by molar-refractivity contribution is 7.17. The second-order valence-electron chi connectivity index (χ2n) is 6.05. The van der Waals surface area contributed by atoms with Crippen LogP contribution >= 0.6 is 11.3 Å². The summed E-state index contributed by atoms with van der Waals surface area (Å²) in [6, 6.07) is 8.70. The van der Waals surface area contributed by atoms with Crippen molar-refractivity contribution in [3.63, 3.8) is 0 Å². The Bertz CT molecular complexity index is 598.